The van der Waals surface area contributed by atoms with E-state index in [0.29, 0.717) is 55.9 Å². The van der Waals surface area contributed by atoms with Crippen LogP contribution in [-0.2, 0) is 26.4 Å². The fourth-order valence-corrected chi connectivity index (χ4v) is 7.49. The van der Waals surface area contributed by atoms with Gasteiger partial charge in [-0.2, -0.15) is 0 Å². The number of thiophene rings is 1. The van der Waals surface area contributed by atoms with Crippen molar-refractivity contribution < 1.29 is 14.6 Å². The van der Waals surface area contributed by atoms with Crippen LogP contribution in [0, 0.1) is 13.8 Å². The standard InChI is InChI=1S/C31H33ClN4O5S/c1-16-26(31(39)40)27-28(42-16)23(15-34(3)30(27)38)21-13-18(32)5-10-25(21)41-12-11-36-17(2)33-24-9-8-20(14-22(24)29(36)37)35(4)19-6-7-19/h5,10,13,15,19-20H,6-9,11-12,14H2,1-4H3,(H,39,40)/t20-/m1/s1. The van der Waals surface area contributed by atoms with E-state index in [0.717, 1.165) is 30.5 Å². The third-order valence-corrected chi connectivity index (χ3v) is 9.97. The monoisotopic (exact) mass is 608 g/mol. The summed E-state index contributed by atoms with van der Waals surface area (Å²) in [6.07, 6.45) is 6.71. The van der Waals surface area contributed by atoms with Crippen LogP contribution in [-0.4, -0.2) is 55.8 Å². The first-order valence-corrected chi connectivity index (χ1v) is 15.3. The van der Waals surface area contributed by atoms with E-state index in [-0.39, 0.29) is 28.7 Å². The maximum absolute atomic E-state index is 13.6. The van der Waals surface area contributed by atoms with Gasteiger partial charge in [0.05, 0.1) is 27.9 Å². The molecule has 0 bridgehead atoms. The number of carboxylic acids is 1. The van der Waals surface area contributed by atoms with Crippen molar-refractivity contribution in [2.24, 2.45) is 7.05 Å². The average Bonchev–Trinajstić information content (AvgIpc) is 3.74. The lowest BCUT2D eigenvalue weighted by Gasteiger charge is -2.32. The zero-order chi connectivity index (χ0) is 29.9. The fraction of sp³-hybridized carbons (Fsp3) is 0.419. The van der Waals surface area contributed by atoms with E-state index < -0.39 is 5.97 Å². The fourth-order valence-electron chi connectivity index (χ4n) is 6.16. The van der Waals surface area contributed by atoms with Crippen molar-refractivity contribution in [2.45, 2.75) is 64.6 Å². The summed E-state index contributed by atoms with van der Waals surface area (Å²) in [5.74, 6) is 0.0493. The Bertz CT molecular complexity index is 1860. The second-order valence-corrected chi connectivity index (χ2v) is 13.0. The first-order chi connectivity index (χ1) is 20.0. The summed E-state index contributed by atoms with van der Waals surface area (Å²) in [5.41, 5.74) is 2.66. The molecule has 1 atom stereocenters. The van der Waals surface area contributed by atoms with Crippen molar-refractivity contribution in [1.82, 2.24) is 19.0 Å². The normalized spacial score (nSPS) is 16.7. The summed E-state index contributed by atoms with van der Waals surface area (Å²) in [6, 6.07) is 6.23. The molecule has 1 aromatic carbocycles. The van der Waals surface area contributed by atoms with Gasteiger partial charge in [0.25, 0.3) is 11.1 Å². The molecule has 1 saturated carbocycles. The highest BCUT2D eigenvalue weighted by Gasteiger charge is 2.34. The molecule has 11 heteroatoms. The molecule has 42 heavy (non-hydrogen) atoms. The third-order valence-electron chi connectivity index (χ3n) is 8.60. The molecule has 0 radical (unpaired) electrons. The highest BCUT2D eigenvalue weighted by Crippen LogP contribution is 2.41. The van der Waals surface area contributed by atoms with Gasteiger partial charge in [-0.3, -0.25) is 14.2 Å². The summed E-state index contributed by atoms with van der Waals surface area (Å²) < 4.78 is 9.90. The molecule has 3 aromatic heterocycles. The van der Waals surface area contributed by atoms with Crippen LogP contribution in [0.15, 0.2) is 34.0 Å². The third kappa shape index (κ3) is 5.05. The average molecular weight is 609 g/mol. The highest BCUT2D eigenvalue weighted by atomic mass is 35.5. The van der Waals surface area contributed by atoms with Crippen LogP contribution in [0.25, 0.3) is 21.2 Å². The Morgan fingerprint density at radius 2 is 1.93 bits per heavy atom. The molecule has 0 saturated heterocycles. The predicted molar refractivity (Wildman–Crippen MR) is 165 cm³/mol. The topological polar surface area (TPSA) is 107 Å². The van der Waals surface area contributed by atoms with Crippen LogP contribution < -0.4 is 15.9 Å². The SMILES string of the molecule is Cc1sc2c(-c3cc(Cl)ccc3OCCn3c(C)nc4c(c3=O)C[C@H](N(C)C3CC3)CC4)cn(C)c(=O)c2c1C(=O)O. The molecule has 3 heterocycles. The molecular weight excluding hydrogens is 576 g/mol. The van der Waals surface area contributed by atoms with E-state index in [9.17, 15) is 19.5 Å². The molecule has 6 rings (SSSR count). The number of aromatic carboxylic acids is 1. The Balaban J connectivity index is 1.30. The summed E-state index contributed by atoms with van der Waals surface area (Å²) in [5, 5.41) is 10.5. The van der Waals surface area contributed by atoms with Crippen LogP contribution in [0.1, 0.15) is 51.6 Å². The van der Waals surface area contributed by atoms with Crippen LogP contribution >= 0.6 is 22.9 Å². The molecule has 0 amide bonds. The number of halogens is 1. The number of carboxylic acid groups (broad SMARTS) is 1. The van der Waals surface area contributed by atoms with E-state index >= 15 is 0 Å². The Kier molecular flexibility index (Phi) is 7.49. The zero-order valence-corrected chi connectivity index (χ0v) is 25.6. The van der Waals surface area contributed by atoms with Gasteiger partial charge in [0.15, 0.2) is 0 Å². The number of hydrogen-bond donors (Lipinski definition) is 1. The molecule has 9 nitrogen and oxygen atoms in total. The van der Waals surface area contributed by atoms with E-state index in [1.165, 1.54) is 28.7 Å². The quantitative estimate of drug-likeness (QED) is 0.306. The Morgan fingerprint density at radius 1 is 1.17 bits per heavy atom. The van der Waals surface area contributed by atoms with Gasteiger partial charge in [0.2, 0.25) is 0 Å². The molecule has 0 unspecified atom stereocenters. The van der Waals surface area contributed by atoms with Gasteiger partial charge < -0.3 is 19.3 Å². The van der Waals surface area contributed by atoms with Gasteiger partial charge in [-0.15, -0.1) is 11.3 Å². The maximum atomic E-state index is 13.6. The van der Waals surface area contributed by atoms with Gasteiger partial charge in [-0.25, -0.2) is 9.78 Å². The number of carbonyl (C=O) groups is 1. The lowest BCUT2D eigenvalue weighted by Crippen LogP contribution is -2.42. The molecule has 4 aromatic rings. The maximum Gasteiger partial charge on any atom is 0.337 e. The Labute approximate surface area is 251 Å². The number of hydrogen-bond acceptors (Lipinski definition) is 7. The zero-order valence-electron chi connectivity index (χ0n) is 24.1. The second-order valence-electron chi connectivity index (χ2n) is 11.3. The number of benzene rings is 1. The number of nitrogens with zero attached hydrogens (tertiary/aromatic N) is 4. The molecule has 2 aliphatic carbocycles. The minimum absolute atomic E-state index is 0.00125. The molecule has 1 N–H and O–H groups in total. The van der Waals surface area contributed by atoms with Crippen molar-refractivity contribution in [2.75, 3.05) is 13.7 Å². The van der Waals surface area contributed by atoms with E-state index in [4.69, 9.17) is 21.3 Å². The Morgan fingerprint density at radius 3 is 2.64 bits per heavy atom. The van der Waals surface area contributed by atoms with E-state index in [1.54, 1.807) is 42.9 Å². The summed E-state index contributed by atoms with van der Waals surface area (Å²) >= 11 is 7.66. The van der Waals surface area contributed by atoms with Gasteiger partial charge in [0.1, 0.15) is 18.2 Å². The summed E-state index contributed by atoms with van der Waals surface area (Å²) in [6.45, 7) is 4.09. The van der Waals surface area contributed by atoms with Crippen molar-refractivity contribution in [1.29, 1.82) is 0 Å². The molecule has 1 fully saturated rings. The first kappa shape index (κ1) is 28.6. The van der Waals surface area contributed by atoms with Gasteiger partial charge in [-0.1, -0.05) is 11.6 Å². The van der Waals surface area contributed by atoms with Crippen molar-refractivity contribution in [3.05, 3.63) is 77.6 Å². The highest BCUT2D eigenvalue weighted by molar-refractivity contribution is 7.20. The summed E-state index contributed by atoms with van der Waals surface area (Å²) in [4.78, 5) is 46.4. The lowest BCUT2D eigenvalue weighted by molar-refractivity contribution is 0.0698. The minimum Gasteiger partial charge on any atom is -0.491 e. The van der Waals surface area contributed by atoms with Crippen molar-refractivity contribution in [3.8, 4) is 16.9 Å². The number of pyridine rings is 1. The molecular formula is C31H33ClN4O5S. The largest absolute Gasteiger partial charge is 0.491 e. The van der Waals surface area contributed by atoms with Gasteiger partial charge in [-0.05, 0) is 71.2 Å². The number of ether oxygens (including phenoxy) is 1. The molecule has 2 aliphatic rings. The first-order valence-electron chi connectivity index (χ1n) is 14.1. The molecule has 220 valence electrons. The van der Waals surface area contributed by atoms with Crippen LogP contribution in [0.2, 0.25) is 5.02 Å². The summed E-state index contributed by atoms with van der Waals surface area (Å²) in [7, 11) is 3.77. The van der Waals surface area contributed by atoms with Crippen LogP contribution in [0.3, 0.4) is 0 Å². The van der Waals surface area contributed by atoms with Crippen molar-refractivity contribution in [3.63, 3.8) is 0 Å². The molecule has 0 spiro atoms. The smallest absolute Gasteiger partial charge is 0.337 e. The molecule has 0 aliphatic heterocycles. The minimum atomic E-state index is -1.14. The Hall–Kier alpha value is -3.47. The second kappa shape index (κ2) is 11.0. The van der Waals surface area contributed by atoms with Crippen LogP contribution in [0.4, 0.5) is 0 Å². The lowest BCUT2D eigenvalue weighted by atomic mass is 9.91. The van der Waals surface area contributed by atoms with E-state index in [1.807, 2.05) is 6.92 Å². The number of aryl methyl sites for hydroxylation is 4. The number of aromatic nitrogens is 3. The number of likely N-dealkylation sites (N-methyl/N-ethyl adjacent to an activating group) is 1. The number of rotatable bonds is 8. The van der Waals surface area contributed by atoms with Crippen LogP contribution in [0.5, 0.6) is 5.75 Å². The van der Waals surface area contributed by atoms with Gasteiger partial charge in [0, 0.05) is 51.9 Å². The number of fused-ring (bicyclic) bond motifs is 2. The predicted octanol–water partition coefficient (Wildman–Crippen LogP) is 4.82. The van der Waals surface area contributed by atoms with Gasteiger partial charge >= 0.3 is 5.97 Å². The van der Waals surface area contributed by atoms with Crippen molar-refractivity contribution >= 4 is 39.0 Å². The van der Waals surface area contributed by atoms with E-state index in [2.05, 4.69) is 11.9 Å².